The molecule has 1 heterocycles. The second-order valence-electron chi connectivity index (χ2n) is 4.31. The lowest BCUT2D eigenvalue weighted by molar-refractivity contribution is 0.0688. The molecule has 1 aromatic rings. The van der Waals surface area contributed by atoms with E-state index in [1.807, 2.05) is 0 Å². The molecule has 6 nitrogen and oxygen atoms in total. The molecule has 1 aliphatic rings. The summed E-state index contributed by atoms with van der Waals surface area (Å²) in [5.74, 6) is -1.79. The van der Waals surface area contributed by atoms with Crippen LogP contribution >= 0.6 is 0 Å². The second-order valence-corrected chi connectivity index (χ2v) is 4.31. The highest BCUT2D eigenvalue weighted by Gasteiger charge is 2.21. The second kappa shape index (κ2) is 5.68. The highest BCUT2D eigenvalue weighted by molar-refractivity contribution is 6.02. The molecule has 98 valence electrons. The molecule has 0 aliphatic heterocycles. The summed E-state index contributed by atoms with van der Waals surface area (Å²) in [5.41, 5.74) is -0.108. The number of hydrogen-bond donors (Lipinski definition) is 3. The number of carbonyl (C=O) groups is 2. The van der Waals surface area contributed by atoms with E-state index < -0.39 is 11.9 Å². The van der Waals surface area contributed by atoms with Gasteiger partial charge in [0.05, 0.1) is 6.26 Å². The normalized spacial score (nSPS) is 14.4. The van der Waals surface area contributed by atoms with E-state index in [1.54, 1.807) is 0 Å². The fourth-order valence-corrected chi connectivity index (χ4v) is 1.62. The minimum atomic E-state index is -1.16. The molecule has 1 amide bonds. The Bertz CT molecular complexity index is 437. The van der Waals surface area contributed by atoms with Gasteiger partial charge in [0, 0.05) is 12.6 Å². The van der Waals surface area contributed by atoms with Crippen LogP contribution in [0.4, 0.5) is 0 Å². The summed E-state index contributed by atoms with van der Waals surface area (Å²) in [4.78, 5) is 22.4. The summed E-state index contributed by atoms with van der Waals surface area (Å²) < 4.78 is 4.88. The van der Waals surface area contributed by atoms with Crippen molar-refractivity contribution in [2.24, 2.45) is 0 Å². The van der Waals surface area contributed by atoms with E-state index in [2.05, 4.69) is 10.6 Å². The van der Waals surface area contributed by atoms with Crippen LogP contribution in [0.3, 0.4) is 0 Å². The van der Waals surface area contributed by atoms with Crippen molar-refractivity contribution in [2.45, 2.75) is 25.3 Å². The molecule has 1 aliphatic carbocycles. The molecule has 1 aromatic heterocycles. The Kier molecular flexibility index (Phi) is 3.99. The van der Waals surface area contributed by atoms with Crippen molar-refractivity contribution < 1.29 is 19.1 Å². The highest BCUT2D eigenvalue weighted by Crippen LogP contribution is 2.18. The third-order valence-electron chi connectivity index (χ3n) is 2.75. The van der Waals surface area contributed by atoms with Crippen LogP contribution in [0, 0.1) is 0 Å². The van der Waals surface area contributed by atoms with Gasteiger partial charge in [0.15, 0.2) is 0 Å². The number of aromatic carboxylic acids is 1. The van der Waals surface area contributed by atoms with E-state index in [-0.39, 0.29) is 11.3 Å². The smallest absolute Gasteiger partial charge is 0.339 e. The Morgan fingerprint density at radius 1 is 1.39 bits per heavy atom. The first-order chi connectivity index (χ1) is 8.68. The lowest BCUT2D eigenvalue weighted by atomic mass is 10.2. The van der Waals surface area contributed by atoms with Gasteiger partial charge >= 0.3 is 5.97 Å². The molecule has 0 bridgehead atoms. The maximum Gasteiger partial charge on any atom is 0.339 e. The summed E-state index contributed by atoms with van der Waals surface area (Å²) in [7, 11) is 0. The predicted molar refractivity (Wildman–Crippen MR) is 63.6 cm³/mol. The van der Waals surface area contributed by atoms with Gasteiger partial charge in [-0.2, -0.15) is 0 Å². The van der Waals surface area contributed by atoms with Crippen LogP contribution in [0.5, 0.6) is 0 Å². The summed E-state index contributed by atoms with van der Waals surface area (Å²) in [6.07, 6.45) is 4.49. The molecule has 1 saturated carbocycles. The number of furan rings is 1. The molecule has 0 radical (unpaired) electrons. The number of rotatable bonds is 7. The maximum atomic E-state index is 11.7. The number of carboxylic acid groups (broad SMARTS) is 1. The third-order valence-corrected chi connectivity index (χ3v) is 2.75. The van der Waals surface area contributed by atoms with Gasteiger partial charge in [-0.25, -0.2) is 4.79 Å². The molecule has 0 aromatic carbocycles. The van der Waals surface area contributed by atoms with Crippen LogP contribution in [0.15, 0.2) is 16.7 Å². The van der Waals surface area contributed by atoms with Crippen molar-refractivity contribution in [1.29, 1.82) is 0 Å². The van der Waals surface area contributed by atoms with Crippen LogP contribution < -0.4 is 10.6 Å². The molecule has 0 saturated heterocycles. The first-order valence-electron chi connectivity index (χ1n) is 6.01. The quantitative estimate of drug-likeness (QED) is 0.626. The zero-order valence-electron chi connectivity index (χ0n) is 9.94. The van der Waals surface area contributed by atoms with Crippen molar-refractivity contribution in [3.05, 3.63) is 23.7 Å². The first kappa shape index (κ1) is 12.6. The molecular weight excluding hydrogens is 236 g/mol. The lowest BCUT2D eigenvalue weighted by Gasteiger charge is -2.04. The number of carbonyl (C=O) groups excluding carboxylic acids is 1. The van der Waals surface area contributed by atoms with E-state index in [4.69, 9.17) is 9.52 Å². The molecule has 6 heteroatoms. The number of carboxylic acids is 1. The standard InChI is InChI=1S/C12H16N2O4/c15-11(10-9(12(16)17)4-7-18-10)14-6-1-5-13-8-2-3-8/h4,7-8,13H,1-3,5-6H2,(H,14,15)(H,16,17). The summed E-state index contributed by atoms with van der Waals surface area (Å²) in [6.45, 7) is 1.35. The van der Waals surface area contributed by atoms with Gasteiger partial charge in [0.2, 0.25) is 5.76 Å². The Balaban J connectivity index is 1.72. The van der Waals surface area contributed by atoms with Crippen molar-refractivity contribution >= 4 is 11.9 Å². The van der Waals surface area contributed by atoms with Crippen molar-refractivity contribution in [3.8, 4) is 0 Å². The van der Waals surface area contributed by atoms with Crippen LogP contribution in [0.2, 0.25) is 0 Å². The molecule has 18 heavy (non-hydrogen) atoms. The average Bonchev–Trinajstić information content (AvgIpc) is 3.02. The Hall–Kier alpha value is -1.82. The zero-order chi connectivity index (χ0) is 13.0. The highest BCUT2D eigenvalue weighted by atomic mass is 16.4. The van der Waals surface area contributed by atoms with Crippen LogP contribution in [0.25, 0.3) is 0 Å². The topological polar surface area (TPSA) is 91.6 Å². The van der Waals surface area contributed by atoms with E-state index >= 15 is 0 Å². The van der Waals surface area contributed by atoms with E-state index in [0.717, 1.165) is 13.0 Å². The number of nitrogens with one attached hydrogen (secondary N) is 2. The van der Waals surface area contributed by atoms with E-state index in [9.17, 15) is 9.59 Å². The van der Waals surface area contributed by atoms with Gasteiger partial charge in [-0.1, -0.05) is 0 Å². The fourth-order valence-electron chi connectivity index (χ4n) is 1.62. The van der Waals surface area contributed by atoms with Gasteiger partial charge in [-0.05, 0) is 31.9 Å². The monoisotopic (exact) mass is 252 g/mol. The van der Waals surface area contributed by atoms with Crippen LogP contribution in [-0.4, -0.2) is 36.1 Å². The molecule has 3 N–H and O–H groups in total. The van der Waals surface area contributed by atoms with Crippen molar-refractivity contribution in [1.82, 2.24) is 10.6 Å². The van der Waals surface area contributed by atoms with Gasteiger partial charge in [0.25, 0.3) is 5.91 Å². The fraction of sp³-hybridized carbons (Fsp3) is 0.500. The van der Waals surface area contributed by atoms with Gasteiger partial charge in [-0.3, -0.25) is 4.79 Å². The van der Waals surface area contributed by atoms with E-state index in [0.29, 0.717) is 12.6 Å². The van der Waals surface area contributed by atoms with Crippen LogP contribution in [0.1, 0.15) is 40.2 Å². The Morgan fingerprint density at radius 2 is 2.17 bits per heavy atom. The largest absolute Gasteiger partial charge is 0.478 e. The average molecular weight is 252 g/mol. The van der Waals surface area contributed by atoms with Gasteiger partial charge < -0.3 is 20.2 Å². The third kappa shape index (κ3) is 3.33. The molecule has 1 fully saturated rings. The Labute approximate surface area is 104 Å². The van der Waals surface area contributed by atoms with Crippen LogP contribution in [-0.2, 0) is 0 Å². The SMILES string of the molecule is O=C(O)c1ccoc1C(=O)NCCCNC1CC1. The van der Waals surface area contributed by atoms with E-state index in [1.165, 1.54) is 25.2 Å². The summed E-state index contributed by atoms with van der Waals surface area (Å²) in [6, 6.07) is 1.93. The molecule has 2 rings (SSSR count). The molecule has 0 spiro atoms. The van der Waals surface area contributed by atoms with Gasteiger partial charge in [0.1, 0.15) is 5.56 Å². The maximum absolute atomic E-state index is 11.7. The Morgan fingerprint density at radius 3 is 2.83 bits per heavy atom. The molecule has 0 unspecified atom stereocenters. The van der Waals surface area contributed by atoms with Gasteiger partial charge in [-0.15, -0.1) is 0 Å². The minimum Gasteiger partial charge on any atom is -0.478 e. The summed E-state index contributed by atoms with van der Waals surface area (Å²) >= 11 is 0. The van der Waals surface area contributed by atoms with Crippen molar-refractivity contribution in [3.63, 3.8) is 0 Å². The molecule has 0 atom stereocenters. The predicted octanol–water partition coefficient (Wildman–Crippen LogP) is 0.850. The first-order valence-corrected chi connectivity index (χ1v) is 6.01. The minimum absolute atomic E-state index is 0.108. The lowest BCUT2D eigenvalue weighted by Crippen LogP contribution is -2.28. The number of amides is 1. The molecular formula is C12H16N2O4. The zero-order valence-corrected chi connectivity index (χ0v) is 9.94. The van der Waals surface area contributed by atoms with Crippen molar-refractivity contribution in [2.75, 3.05) is 13.1 Å². The number of hydrogen-bond acceptors (Lipinski definition) is 4. The summed E-state index contributed by atoms with van der Waals surface area (Å²) in [5, 5.41) is 14.8.